The van der Waals surface area contributed by atoms with Gasteiger partial charge in [-0.15, -0.1) is 0 Å². The van der Waals surface area contributed by atoms with Crippen molar-refractivity contribution in [1.29, 1.82) is 5.41 Å². The molecule has 5 heteroatoms. The first-order chi connectivity index (χ1) is 17.7. The van der Waals surface area contributed by atoms with Crippen LogP contribution in [0.4, 0.5) is 0 Å². The Labute approximate surface area is 212 Å². The molecule has 0 amide bonds. The van der Waals surface area contributed by atoms with E-state index in [4.69, 9.17) is 26.4 Å². The summed E-state index contributed by atoms with van der Waals surface area (Å²) in [7, 11) is 0. The van der Waals surface area contributed by atoms with Gasteiger partial charge in [-0.2, -0.15) is 0 Å². The first kappa shape index (κ1) is 22.0. The lowest BCUT2D eigenvalue weighted by Gasteiger charge is -2.08. The van der Waals surface area contributed by atoms with Gasteiger partial charge in [0.2, 0.25) is 0 Å². The molecule has 1 heterocycles. The summed E-state index contributed by atoms with van der Waals surface area (Å²) in [6.07, 6.45) is 1.74. The average molecular weight is 486 g/mol. The number of rotatable bonds is 3. The van der Waals surface area contributed by atoms with Crippen molar-refractivity contribution in [2.45, 2.75) is 0 Å². The summed E-state index contributed by atoms with van der Waals surface area (Å²) < 4.78 is 6.29. The number of para-hydroxylation sites is 1. The Bertz CT molecular complexity index is 1800. The zero-order chi connectivity index (χ0) is 24.5. The number of furan rings is 1. The molecule has 0 radical (unpaired) electrons. The van der Waals surface area contributed by atoms with E-state index < -0.39 is 0 Å². The highest BCUT2D eigenvalue weighted by Gasteiger charge is 2.18. The third-order valence-corrected chi connectivity index (χ3v) is 6.53. The first-order valence-corrected chi connectivity index (χ1v) is 11.9. The van der Waals surface area contributed by atoms with Crippen LogP contribution in [0.2, 0.25) is 5.02 Å². The number of nitrogens with one attached hydrogen (secondary N) is 1. The molecule has 0 aliphatic rings. The highest BCUT2D eigenvalue weighted by molar-refractivity contribution is 6.42. The van der Waals surface area contributed by atoms with Crippen molar-refractivity contribution in [2.24, 2.45) is 9.98 Å². The van der Waals surface area contributed by atoms with E-state index in [2.05, 4.69) is 4.99 Å². The van der Waals surface area contributed by atoms with Gasteiger partial charge in [0.1, 0.15) is 11.2 Å². The lowest BCUT2D eigenvalue weighted by atomic mass is 10.0. The summed E-state index contributed by atoms with van der Waals surface area (Å²) in [5, 5.41) is 12.9. The van der Waals surface area contributed by atoms with E-state index in [-0.39, 0.29) is 5.84 Å². The van der Waals surface area contributed by atoms with Crippen LogP contribution in [0.3, 0.4) is 0 Å². The number of hydrogen-bond acceptors (Lipinski definition) is 2. The van der Waals surface area contributed by atoms with Crippen LogP contribution in [0.15, 0.2) is 124 Å². The number of halogens is 1. The van der Waals surface area contributed by atoms with Crippen LogP contribution >= 0.6 is 11.6 Å². The molecule has 36 heavy (non-hydrogen) atoms. The van der Waals surface area contributed by atoms with E-state index in [1.54, 1.807) is 6.21 Å². The van der Waals surface area contributed by atoms with E-state index >= 15 is 0 Å². The molecule has 0 saturated carbocycles. The molecule has 0 fully saturated rings. The van der Waals surface area contributed by atoms with Crippen LogP contribution in [-0.2, 0) is 0 Å². The number of amidine groups is 2. The smallest absolute Gasteiger partial charge is 0.161 e. The second-order valence-corrected chi connectivity index (χ2v) is 8.73. The van der Waals surface area contributed by atoms with Gasteiger partial charge in [-0.25, -0.2) is 9.98 Å². The van der Waals surface area contributed by atoms with Crippen LogP contribution < -0.4 is 0 Å². The van der Waals surface area contributed by atoms with Crippen molar-refractivity contribution >= 4 is 62.2 Å². The zero-order valence-electron chi connectivity index (χ0n) is 19.2. The number of benzene rings is 5. The monoisotopic (exact) mass is 485 g/mol. The lowest BCUT2D eigenvalue weighted by molar-refractivity contribution is 0.672. The molecule has 0 unspecified atom stereocenters. The largest absolute Gasteiger partial charge is 0.455 e. The van der Waals surface area contributed by atoms with Crippen molar-refractivity contribution in [2.75, 3.05) is 0 Å². The average Bonchev–Trinajstić information content (AvgIpc) is 3.33. The Kier molecular flexibility index (Phi) is 5.64. The molecule has 0 aliphatic carbocycles. The Morgan fingerprint density at radius 2 is 1.28 bits per heavy atom. The minimum absolute atomic E-state index is 0.134. The van der Waals surface area contributed by atoms with Crippen molar-refractivity contribution < 1.29 is 4.42 Å². The van der Waals surface area contributed by atoms with Crippen molar-refractivity contribution in [3.05, 3.63) is 131 Å². The lowest BCUT2D eigenvalue weighted by Crippen LogP contribution is -2.04. The Hall–Kier alpha value is -4.54. The van der Waals surface area contributed by atoms with Gasteiger partial charge in [0.15, 0.2) is 11.7 Å². The van der Waals surface area contributed by atoms with Crippen LogP contribution in [0.1, 0.15) is 16.7 Å². The Balaban J connectivity index is 1.57. The summed E-state index contributed by atoms with van der Waals surface area (Å²) in [4.78, 5) is 9.38. The standard InChI is InChI=1S/C31H20ClN3O/c32-28-22-15-7-8-16-23(22)29-27(24-17-9-10-18-26(24)36-29)25(28)19-34-31(21-13-5-2-6-14-21)35-30(33)20-11-3-1-4-12-20/h1-19,33H. The molecule has 0 saturated heterocycles. The topological polar surface area (TPSA) is 61.7 Å². The van der Waals surface area contributed by atoms with Gasteiger partial charge in [-0.3, -0.25) is 5.41 Å². The predicted molar refractivity (Wildman–Crippen MR) is 150 cm³/mol. The molecular formula is C31H20ClN3O. The van der Waals surface area contributed by atoms with E-state index in [9.17, 15) is 0 Å². The summed E-state index contributed by atoms with van der Waals surface area (Å²) in [6, 6.07) is 34.9. The molecule has 1 aromatic heterocycles. The summed E-state index contributed by atoms with van der Waals surface area (Å²) in [6.45, 7) is 0. The molecule has 4 nitrogen and oxygen atoms in total. The number of hydrogen-bond donors (Lipinski definition) is 1. The quantitative estimate of drug-likeness (QED) is 0.199. The number of nitrogens with zero attached hydrogens (tertiary/aromatic N) is 2. The SMILES string of the molecule is N=C(N=C(N=Cc1c(Cl)c2ccccc2c2oc3ccccc3c12)c1ccccc1)c1ccccc1. The maximum Gasteiger partial charge on any atom is 0.161 e. The Morgan fingerprint density at radius 1 is 0.694 bits per heavy atom. The fraction of sp³-hybridized carbons (Fsp3) is 0. The van der Waals surface area contributed by atoms with Gasteiger partial charge in [-0.05, 0) is 6.07 Å². The normalized spacial score (nSPS) is 12.2. The van der Waals surface area contributed by atoms with Gasteiger partial charge in [0.05, 0.1) is 5.02 Å². The summed E-state index contributed by atoms with van der Waals surface area (Å²) in [5.41, 5.74) is 3.84. The fourth-order valence-electron chi connectivity index (χ4n) is 4.40. The van der Waals surface area contributed by atoms with Gasteiger partial charge >= 0.3 is 0 Å². The molecular weight excluding hydrogens is 466 g/mol. The van der Waals surface area contributed by atoms with Gasteiger partial charge in [-0.1, -0.05) is 115 Å². The summed E-state index contributed by atoms with van der Waals surface area (Å²) >= 11 is 6.99. The van der Waals surface area contributed by atoms with E-state index in [1.807, 2.05) is 109 Å². The molecule has 0 spiro atoms. The van der Waals surface area contributed by atoms with Crippen molar-refractivity contribution in [1.82, 2.24) is 0 Å². The third kappa shape index (κ3) is 3.88. The number of fused-ring (bicyclic) bond motifs is 5. The van der Waals surface area contributed by atoms with E-state index in [0.29, 0.717) is 16.4 Å². The summed E-state index contributed by atoms with van der Waals surface area (Å²) in [5.74, 6) is 0.560. The molecule has 0 aliphatic heterocycles. The highest BCUT2D eigenvalue weighted by atomic mass is 35.5. The second kappa shape index (κ2) is 9.25. The Morgan fingerprint density at radius 3 is 2.00 bits per heavy atom. The molecule has 0 atom stereocenters. The number of aliphatic imine (C=N–C) groups is 2. The van der Waals surface area contributed by atoms with Crippen LogP contribution in [0.25, 0.3) is 32.7 Å². The van der Waals surface area contributed by atoms with E-state index in [0.717, 1.165) is 43.8 Å². The zero-order valence-corrected chi connectivity index (χ0v) is 19.9. The minimum atomic E-state index is 0.134. The maximum absolute atomic E-state index is 8.55. The molecule has 0 bridgehead atoms. The minimum Gasteiger partial charge on any atom is -0.455 e. The molecule has 5 aromatic carbocycles. The van der Waals surface area contributed by atoms with Crippen molar-refractivity contribution in [3.63, 3.8) is 0 Å². The van der Waals surface area contributed by atoms with Gasteiger partial charge in [0, 0.05) is 44.4 Å². The highest BCUT2D eigenvalue weighted by Crippen LogP contribution is 2.40. The third-order valence-electron chi connectivity index (χ3n) is 6.12. The van der Waals surface area contributed by atoms with Crippen LogP contribution in [0.5, 0.6) is 0 Å². The predicted octanol–water partition coefficient (Wildman–Crippen LogP) is 8.28. The molecule has 6 aromatic rings. The second-order valence-electron chi connectivity index (χ2n) is 8.35. The van der Waals surface area contributed by atoms with Crippen LogP contribution in [-0.4, -0.2) is 17.9 Å². The van der Waals surface area contributed by atoms with E-state index in [1.165, 1.54) is 0 Å². The van der Waals surface area contributed by atoms with Gasteiger partial charge < -0.3 is 4.42 Å². The fourth-order valence-corrected chi connectivity index (χ4v) is 4.71. The van der Waals surface area contributed by atoms with Crippen LogP contribution in [0, 0.1) is 5.41 Å². The van der Waals surface area contributed by atoms with Crippen molar-refractivity contribution in [3.8, 4) is 0 Å². The molecule has 6 rings (SSSR count). The van der Waals surface area contributed by atoms with Gasteiger partial charge in [0.25, 0.3) is 0 Å². The maximum atomic E-state index is 8.55. The molecule has 1 N–H and O–H groups in total. The first-order valence-electron chi connectivity index (χ1n) is 11.5. The molecule has 172 valence electrons.